The summed E-state index contributed by atoms with van der Waals surface area (Å²) >= 11 is 0. The third kappa shape index (κ3) is 4.04. The van der Waals surface area contributed by atoms with E-state index in [0.717, 1.165) is 11.1 Å². The van der Waals surface area contributed by atoms with Gasteiger partial charge in [0.1, 0.15) is 6.54 Å². The summed E-state index contributed by atoms with van der Waals surface area (Å²) in [6.07, 6.45) is -3.66. The predicted octanol–water partition coefficient (Wildman–Crippen LogP) is 2.46. The van der Waals surface area contributed by atoms with E-state index in [1.807, 2.05) is 6.92 Å². The Hall–Kier alpha value is -1.57. The van der Waals surface area contributed by atoms with Crippen LogP contribution < -0.4 is 5.32 Å². The van der Waals surface area contributed by atoms with Crippen molar-refractivity contribution in [3.63, 3.8) is 0 Å². The van der Waals surface area contributed by atoms with Crippen LogP contribution in [0.4, 0.5) is 13.2 Å². The molecule has 1 aliphatic rings. The second kappa shape index (κ2) is 6.51. The lowest BCUT2D eigenvalue weighted by Crippen LogP contribution is -2.41. The third-order valence-corrected chi connectivity index (χ3v) is 4.30. The number of halogens is 3. The highest BCUT2D eigenvalue weighted by Gasteiger charge is 2.33. The normalized spacial score (nSPS) is 23.1. The molecule has 130 valence electrons. The molecule has 1 fully saturated rings. The number of rotatable bonds is 4. The number of carbonyl (C=O) groups excluding carboxylic acids is 1. The molecular weight excluding hydrogens is 311 g/mol. The molecule has 1 aromatic heterocycles. The third-order valence-electron chi connectivity index (χ3n) is 4.30. The number of aromatic nitrogens is 2. The molecular formula is C15H22F3N3O2. The fourth-order valence-electron chi connectivity index (χ4n) is 3.02. The number of carbonyl (C=O) groups is 1. The van der Waals surface area contributed by atoms with Crippen LogP contribution in [0, 0.1) is 13.8 Å². The Balaban J connectivity index is 2.15. The highest BCUT2D eigenvalue weighted by atomic mass is 19.4. The van der Waals surface area contributed by atoms with Crippen molar-refractivity contribution in [2.45, 2.75) is 64.9 Å². The van der Waals surface area contributed by atoms with Gasteiger partial charge in [-0.25, -0.2) is 0 Å². The Labute approximate surface area is 133 Å². The number of hydrogen-bond acceptors (Lipinski definition) is 3. The van der Waals surface area contributed by atoms with Gasteiger partial charge in [0.05, 0.1) is 23.8 Å². The maximum Gasteiger partial charge on any atom is 0.408 e. The van der Waals surface area contributed by atoms with Crippen LogP contribution >= 0.6 is 0 Å². The molecule has 2 rings (SSSR count). The van der Waals surface area contributed by atoms with E-state index < -0.39 is 18.6 Å². The number of ether oxygens (including phenoxy) is 1. The predicted molar refractivity (Wildman–Crippen MR) is 78.1 cm³/mol. The lowest BCUT2D eigenvalue weighted by Gasteiger charge is -2.19. The highest BCUT2D eigenvalue weighted by Crippen LogP contribution is 2.27. The van der Waals surface area contributed by atoms with E-state index in [4.69, 9.17) is 4.74 Å². The molecule has 0 radical (unpaired) electrons. The van der Waals surface area contributed by atoms with Gasteiger partial charge < -0.3 is 10.1 Å². The number of nitrogens with one attached hydrogen (secondary N) is 1. The Morgan fingerprint density at radius 1 is 1.48 bits per heavy atom. The molecule has 1 N–H and O–H groups in total. The first-order valence-electron chi connectivity index (χ1n) is 7.62. The van der Waals surface area contributed by atoms with Crippen LogP contribution in [0.15, 0.2) is 0 Å². The molecule has 1 aromatic rings. The fraction of sp³-hybridized carbons (Fsp3) is 0.733. The summed E-state index contributed by atoms with van der Waals surface area (Å²) in [7, 11) is 0. The van der Waals surface area contributed by atoms with Crippen LogP contribution in [-0.2, 0) is 16.1 Å². The number of alkyl halides is 3. The van der Waals surface area contributed by atoms with Gasteiger partial charge in [0.2, 0.25) is 5.91 Å². The maximum atomic E-state index is 12.6. The van der Waals surface area contributed by atoms with E-state index in [1.54, 1.807) is 20.8 Å². The van der Waals surface area contributed by atoms with Crippen LogP contribution in [0.1, 0.15) is 43.1 Å². The number of amides is 1. The molecule has 0 aromatic carbocycles. The van der Waals surface area contributed by atoms with Crippen molar-refractivity contribution in [1.29, 1.82) is 0 Å². The van der Waals surface area contributed by atoms with E-state index in [1.165, 1.54) is 0 Å². The SMILES string of the molecule is Cc1nn(CC(F)(F)F)c(C)c1C(C)C(=O)NC1CCOC1C. The largest absolute Gasteiger partial charge is 0.408 e. The maximum absolute atomic E-state index is 12.6. The van der Waals surface area contributed by atoms with Crippen LogP contribution in [0.5, 0.6) is 0 Å². The van der Waals surface area contributed by atoms with E-state index in [0.29, 0.717) is 23.6 Å². The summed E-state index contributed by atoms with van der Waals surface area (Å²) in [4.78, 5) is 12.4. The summed E-state index contributed by atoms with van der Waals surface area (Å²) < 4.78 is 44.1. The van der Waals surface area contributed by atoms with Gasteiger partial charge in [-0.05, 0) is 34.1 Å². The van der Waals surface area contributed by atoms with Gasteiger partial charge in [0, 0.05) is 17.9 Å². The molecule has 0 aliphatic carbocycles. The topological polar surface area (TPSA) is 56.2 Å². The quantitative estimate of drug-likeness (QED) is 0.921. The Morgan fingerprint density at radius 2 is 2.13 bits per heavy atom. The molecule has 3 unspecified atom stereocenters. The Kier molecular flexibility index (Phi) is 5.03. The van der Waals surface area contributed by atoms with E-state index >= 15 is 0 Å². The summed E-state index contributed by atoms with van der Waals surface area (Å²) in [6.45, 7) is 6.21. The standard InChI is InChI=1S/C15H22F3N3O2/c1-8(14(22)19-12-5-6-23-11(12)4)13-9(2)20-21(10(13)3)7-15(16,17)18/h8,11-12H,5-7H2,1-4H3,(H,19,22). The zero-order valence-electron chi connectivity index (χ0n) is 13.7. The van der Waals surface area contributed by atoms with Gasteiger partial charge in [-0.1, -0.05) is 0 Å². The Morgan fingerprint density at radius 3 is 2.65 bits per heavy atom. The van der Waals surface area contributed by atoms with Crippen molar-refractivity contribution < 1.29 is 22.7 Å². The zero-order chi connectivity index (χ0) is 17.4. The molecule has 0 spiro atoms. The van der Waals surface area contributed by atoms with Crippen molar-refractivity contribution in [3.8, 4) is 0 Å². The molecule has 0 bridgehead atoms. The molecule has 8 heteroatoms. The molecule has 2 heterocycles. The van der Waals surface area contributed by atoms with Crippen LogP contribution in [0.25, 0.3) is 0 Å². The molecule has 1 amide bonds. The smallest absolute Gasteiger partial charge is 0.376 e. The van der Waals surface area contributed by atoms with Crippen molar-refractivity contribution in [1.82, 2.24) is 15.1 Å². The number of aryl methyl sites for hydroxylation is 1. The first-order valence-corrected chi connectivity index (χ1v) is 7.62. The molecule has 1 saturated heterocycles. The van der Waals surface area contributed by atoms with Crippen molar-refractivity contribution in [3.05, 3.63) is 17.0 Å². The van der Waals surface area contributed by atoms with Crippen LogP contribution in [0.3, 0.4) is 0 Å². The molecule has 0 saturated carbocycles. The molecule has 1 aliphatic heterocycles. The monoisotopic (exact) mass is 333 g/mol. The minimum Gasteiger partial charge on any atom is -0.376 e. The summed E-state index contributed by atoms with van der Waals surface area (Å²) in [6, 6.07) is -0.0595. The average Bonchev–Trinajstić information content (AvgIpc) is 2.92. The van der Waals surface area contributed by atoms with E-state index in [-0.39, 0.29) is 18.1 Å². The molecule has 5 nitrogen and oxygen atoms in total. The zero-order valence-corrected chi connectivity index (χ0v) is 13.7. The van der Waals surface area contributed by atoms with Gasteiger partial charge in [-0.15, -0.1) is 0 Å². The van der Waals surface area contributed by atoms with Crippen LogP contribution in [0.2, 0.25) is 0 Å². The van der Waals surface area contributed by atoms with E-state index in [2.05, 4.69) is 10.4 Å². The second-order valence-corrected chi connectivity index (χ2v) is 6.06. The average molecular weight is 333 g/mol. The summed E-state index contributed by atoms with van der Waals surface area (Å²) in [5.74, 6) is -0.783. The lowest BCUT2D eigenvalue weighted by molar-refractivity contribution is -0.143. The lowest BCUT2D eigenvalue weighted by atomic mass is 9.97. The minimum atomic E-state index is -4.34. The summed E-state index contributed by atoms with van der Waals surface area (Å²) in [5.41, 5.74) is 1.38. The second-order valence-electron chi connectivity index (χ2n) is 6.06. The van der Waals surface area contributed by atoms with Gasteiger partial charge in [-0.3, -0.25) is 9.48 Å². The van der Waals surface area contributed by atoms with Gasteiger partial charge in [0.25, 0.3) is 0 Å². The first kappa shape index (κ1) is 17.8. The molecule has 3 atom stereocenters. The molecule has 23 heavy (non-hydrogen) atoms. The van der Waals surface area contributed by atoms with Gasteiger partial charge >= 0.3 is 6.18 Å². The fourth-order valence-corrected chi connectivity index (χ4v) is 3.02. The highest BCUT2D eigenvalue weighted by molar-refractivity contribution is 5.84. The van der Waals surface area contributed by atoms with Crippen molar-refractivity contribution in [2.24, 2.45) is 0 Å². The van der Waals surface area contributed by atoms with Crippen LogP contribution in [-0.4, -0.2) is 40.6 Å². The van der Waals surface area contributed by atoms with E-state index in [9.17, 15) is 18.0 Å². The number of nitrogens with zero attached hydrogens (tertiary/aromatic N) is 2. The Bertz CT molecular complexity index is 583. The summed E-state index contributed by atoms with van der Waals surface area (Å²) in [5, 5.41) is 6.85. The van der Waals surface area contributed by atoms with Gasteiger partial charge in [0.15, 0.2) is 0 Å². The number of hydrogen-bond donors (Lipinski definition) is 1. The first-order chi connectivity index (χ1) is 10.6. The van der Waals surface area contributed by atoms with Gasteiger partial charge in [-0.2, -0.15) is 18.3 Å². The van der Waals surface area contributed by atoms with Crippen molar-refractivity contribution in [2.75, 3.05) is 6.61 Å². The van der Waals surface area contributed by atoms with Crippen molar-refractivity contribution >= 4 is 5.91 Å². The minimum absolute atomic E-state index is 0.0544.